The van der Waals surface area contributed by atoms with Gasteiger partial charge in [-0.1, -0.05) is 0 Å². The number of nitrogens with zero attached hydrogens (tertiary/aromatic N) is 1. The van der Waals surface area contributed by atoms with Gasteiger partial charge in [0.2, 0.25) is 5.91 Å². The van der Waals surface area contributed by atoms with E-state index in [0.29, 0.717) is 6.07 Å². The van der Waals surface area contributed by atoms with Gasteiger partial charge in [0.1, 0.15) is 0 Å². The minimum Gasteiger partial charge on any atom is -0.459 e. The summed E-state index contributed by atoms with van der Waals surface area (Å²) in [5, 5.41) is 2.08. The van der Waals surface area contributed by atoms with Gasteiger partial charge in [-0.3, -0.25) is 30.1 Å². The fourth-order valence-corrected chi connectivity index (χ4v) is 1.99. The molecule has 144 valence electrons. The zero-order chi connectivity index (χ0) is 20.0. The van der Waals surface area contributed by atoms with Crippen LogP contribution in [0.4, 0.5) is 18.9 Å². The van der Waals surface area contributed by atoms with E-state index in [1.54, 1.807) is 0 Å². The Balaban J connectivity index is 1.78. The summed E-state index contributed by atoms with van der Waals surface area (Å²) in [5.74, 6) is -6.66. The minimum atomic E-state index is -1.70. The molecule has 0 spiro atoms. The van der Waals surface area contributed by atoms with E-state index in [0.717, 1.165) is 6.07 Å². The quantitative estimate of drug-likeness (QED) is 0.510. The van der Waals surface area contributed by atoms with Crippen LogP contribution in [0.25, 0.3) is 0 Å². The van der Waals surface area contributed by atoms with E-state index in [1.807, 2.05) is 0 Å². The Bertz CT molecular complexity index is 842. The fraction of sp³-hybridized carbons (Fsp3) is 0.188. The van der Waals surface area contributed by atoms with Gasteiger partial charge in [-0.05, 0) is 31.3 Å². The first-order chi connectivity index (χ1) is 12.8. The van der Waals surface area contributed by atoms with Crippen LogP contribution in [-0.2, 0) is 9.59 Å². The highest BCUT2D eigenvalue weighted by Gasteiger charge is 2.17. The van der Waals surface area contributed by atoms with E-state index >= 15 is 0 Å². The van der Waals surface area contributed by atoms with Crippen LogP contribution in [0.5, 0.6) is 0 Å². The number of amides is 3. The second-order valence-electron chi connectivity index (χ2n) is 5.42. The molecule has 2 rings (SSSR count). The Kier molecular flexibility index (Phi) is 6.55. The molecule has 0 aliphatic rings. The lowest BCUT2D eigenvalue weighted by Crippen LogP contribution is -2.46. The number of hydrazine groups is 1. The van der Waals surface area contributed by atoms with E-state index in [1.165, 1.54) is 30.3 Å². The Labute approximate surface area is 151 Å². The van der Waals surface area contributed by atoms with E-state index in [9.17, 15) is 27.6 Å². The SMILES string of the molecule is CN(CC(=O)NNC(=O)c1ccco1)CC(=O)Nc1ccc(F)c(F)c1F. The maximum atomic E-state index is 13.5. The smallest absolute Gasteiger partial charge is 0.305 e. The van der Waals surface area contributed by atoms with Crippen molar-refractivity contribution in [3.63, 3.8) is 0 Å². The van der Waals surface area contributed by atoms with Gasteiger partial charge in [0, 0.05) is 0 Å². The molecule has 3 N–H and O–H groups in total. The molecule has 27 heavy (non-hydrogen) atoms. The van der Waals surface area contributed by atoms with E-state index < -0.39 is 40.9 Å². The molecule has 0 unspecified atom stereocenters. The maximum absolute atomic E-state index is 13.5. The van der Waals surface area contributed by atoms with Crippen molar-refractivity contribution in [3.05, 3.63) is 53.7 Å². The Hall–Kier alpha value is -3.34. The predicted molar refractivity (Wildman–Crippen MR) is 86.8 cm³/mol. The van der Waals surface area contributed by atoms with Crippen LogP contribution in [0.15, 0.2) is 34.9 Å². The first-order valence-corrected chi connectivity index (χ1v) is 7.52. The molecule has 0 saturated carbocycles. The summed E-state index contributed by atoms with van der Waals surface area (Å²) in [6, 6.07) is 4.45. The average Bonchev–Trinajstić information content (AvgIpc) is 3.14. The molecule has 1 heterocycles. The number of anilines is 1. The number of halogens is 3. The number of carbonyl (C=O) groups excluding carboxylic acids is 3. The number of nitrogens with one attached hydrogen (secondary N) is 3. The van der Waals surface area contributed by atoms with Crippen molar-refractivity contribution >= 4 is 23.4 Å². The summed E-state index contributed by atoms with van der Waals surface area (Å²) in [4.78, 5) is 36.4. The monoisotopic (exact) mass is 384 g/mol. The molecule has 0 atom stereocenters. The van der Waals surface area contributed by atoms with Crippen molar-refractivity contribution in [2.75, 3.05) is 25.5 Å². The minimum absolute atomic E-state index is 0.00316. The van der Waals surface area contributed by atoms with Crippen LogP contribution < -0.4 is 16.2 Å². The number of benzene rings is 1. The number of likely N-dealkylation sites (N-methyl/N-ethyl adjacent to an activating group) is 1. The van der Waals surface area contributed by atoms with Gasteiger partial charge in [-0.25, -0.2) is 13.2 Å². The molecule has 1 aromatic carbocycles. The Morgan fingerprint density at radius 3 is 2.37 bits per heavy atom. The lowest BCUT2D eigenvalue weighted by Gasteiger charge is -2.16. The number of rotatable bonds is 6. The topological polar surface area (TPSA) is 104 Å². The standard InChI is InChI=1S/C16H15F3N4O4/c1-23(8-13(25)21-22-16(26)11-3-2-6-27-11)7-12(24)20-10-5-4-9(17)14(18)15(10)19/h2-6H,7-8H2,1H3,(H,20,24)(H,21,25)(H,22,26). The zero-order valence-corrected chi connectivity index (χ0v) is 14.0. The van der Waals surface area contributed by atoms with Gasteiger partial charge in [0.25, 0.3) is 5.91 Å². The third kappa shape index (κ3) is 5.57. The third-order valence-electron chi connectivity index (χ3n) is 3.20. The second kappa shape index (κ2) is 8.85. The molecule has 1 aromatic heterocycles. The number of furan rings is 1. The van der Waals surface area contributed by atoms with Crippen LogP contribution in [0.3, 0.4) is 0 Å². The van der Waals surface area contributed by atoms with Crippen LogP contribution in [0, 0.1) is 17.5 Å². The maximum Gasteiger partial charge on any atom is 0.305 e. The molecule has 2 aromatic rings. The van der Waals surface area contributed by atoms with Gasteiger partial charge in [-0.2, -0.15) is 0 Å². The summed E-state index contributed by atoms with van der Waals surface area (Å²) in [7, 11) is 1.41. The molecule has 0 saturated heterocycles. The van der Waals surface area contributed by atoms with Crippen molar-refractivity contribution in [3.8, 4) is 0 Å². The predicted octanol–water partition coefficient (Wildman–Crippen LogP) is 1.03. The van der Waals surface area contributed by atoms with Crippen LogP contribution >= 0.6 is 0 Å². The number of hydrogen-bond acceptors (Lipinski definition) is 5. The van der Waals surface area contributed by atoms with E-state index in [2.05, 4.69) is 16.2 Å². The van der Waals surface area contributed by atoms with Gasteiger partial charge < -0.3 is 9.73 Å². The summed E-state index contributed by atoms with van der Waals surface area (Å²) in [6.07, 6.45) is 1.29. The fourth-order valence-electron chi connectivity index (χ4n) is 1.99. The van der Waals surface area contributed by atoms with Gasteiger partial charge in [0.05, 0.1) is 25.0 Å². The molecule has 0 aliphatic carbocycles. The molecular formula is C16H15F3N4O4. The zero-order valence-electron chi connectivity index (χ0n) is 14.0. The van der Waals surface area contributed by atoms with Crippen molar-refractivity contribution in [2.24, 2.45) is 0 Å². The molecule has 11 heteroatoms. The molecule has 8 nitrogen and oxygen atoms in total. The first-order valence-electron chi connectivity index (χ1n) is 7.52. The summed E-state index contributed by atoms with van der Waals surface area (Å²) in [5.41, 5.74) is 3.71. The Morgan fingerprint density at radius 1 is 1.00 bits per heavy atom. The Morgan fingerprint density at radius 2 is 1.70 bits per heavy atom. The highest BCUT2D eigenvalue weighted by molar-refractivity contribution is 5.94. The summed E-state index contributed by atoms with van der Waals surface area (Å²) in [6.45, 7) is -0.635. The second-order valence-corrected chi connectivity index (χ2v) is 5.42. The molecule has 0 aliphatic heterocycles. The summed E-state index contributed by atoms with van der Waals surface area (Å²) >= 11 is 0. The van der Waals surface area contributed by atoms with Crippen molar-refractivity contribution < 1.29 is 32.0 Å². The van der Waals surface area contributed by atoms with Gasteiger partial charge in [0.15, 0.2) is 23.2 Å². The first kappa shape index (κ1) is 20.0. The van der Waals surface area contributed by atoms with Crippen LogP contribution in [0.2, 0.25) is 0 Å². The molecule has 0 fully saturated rings. The van der Waals surface area contributed by atoms with Crippen molar-refractivity contribution in [2.45, 2.75) is 0 Å². The van der Waals surface area contributed by atoms with Crippen molar-refractivity contribution in [1.29, 1.82) is 0 Å². The molecule has 0 bridgehead atoms. The van der Waals surface area contributed by atoms with Gasteiger partial charge in [-0.15, -0.1) is 0 Å². The van der Waals surface area contributed by atoms with Gasteiger partial charge >= 0.3 is 5.91 Å². The van der Waals surface area contributed by atoms with Crippen LogP contribution in [-0.4, -0.2) is 42.8 Å². The molecule has 3 amide bonds. The molecular weight excluding hydrogens is 369 g/mol. The van der Waals surface area contributed by atoms with E-state index in [4.69, 9.17) is 4.42 Å². The summed E-state index contributed by atoms with van der Waals surface area (Å²) < 4.78 is 44.3. The lowest BCUT2D eigenvalue weighted by atomic mass is 10.2. The largest absolute Gasteiger partial charge is 0.459 e. The van der Waals surface area contributed by atoms with Crippen molar-refractivity contribution in [1.82, 2.24) is 15.8 Å². The molecule has 0 radical (unpaired) electrons. The average molecular weight is 384 g/mol. The normalized spacial score (nSPS) is 10.6. The highest BCUT2D eigenvalue weighted by atomic mass is 19.2. The number of hydrogen-bond donors (Lipinski definition) is 3. The highest BCUT2D eigenvalue weighted by Crippen LogP contribution is 2.19. The third-order valence-corrected chi connectivity index (χ3v) is 3.20. The van der Waals surface area contributed by atoms with Crippen LogP contribution in [0.1, 0.15) is 10.6 Å². The van der Waals surface area contributed by atoms with E-state index in [-0.39, 0.29) is 18.8 Å². The number of carbonyl (C=O) groups is 3. The lowest BCUT2D eigenvalue weighted by molar-refractivity contribution is -0.123.